The molecule has 0 saturated carbocycles. The van der Waals surface area contributed by atoms with Gasteiger partial charge in [-0.3, -0.25) is 0 Å². The van der Waals surface area contributed by atoms with Crippen molar-refractivity contribution < 1.29 is 4.74 Å². The monoisotopic (exact) mass is 330 g/mol. The molecule has 0 aliphatic rings. The smallest absolute Gasteiger partial charge is 0.138 e. The van der Waals surface area contributed by atoms with Crippen LogP contribution in [0.25, 0.3) is 0 Å². The highest BCUT2D eigenvalue weighted by Gasteiger charge is 2.08. The summed E-state index contributed by atoms with van der Waals surface area (Å²) in [4.78, 5) is 0. The first-order chi connectivity index (χ1) is 11.2. The molecule has 2 heteroatoms. The van der Waals surface area contributed by atoms with Crippen LogP contribution in [0.15, 0.2) is 42.5 Å². The highest BCUT2D eigenvalue weighted by Crippen LogP contribution is 2.28. The van der Waals surface area contributed by atoms with Crippen molar-refractivity contribution in [3.63, 3.8) is 0 Å². The van der Waals surface area contributed by atoms with E-state index in [2.05, 4.69) is 57.2 Å². The Morgan fingerprint density at radius 2 is 1.48 bits per heavy atom. The highest BCUT2D eigenvalue weighted by molar-refractivity contribution is 6.32. The molecule has 2 aromatic rings. The molecule has 0 bridgehead atoms. The fourth-order valence-electron chi connectivity index (χ4n) is 2.73. The van der Waals surface area contributed by atoms with Crippen LogP contribution in [0.5, 0.6) is 5.75 Å². The lowest BCUT2D eigenvalue weighted by atomic mass is 9.95. The van der Waals surface area contributed by atoms with Gasteiger partial charge in [0.05, 0.1) is 5.02 Å². The minimum Gasteiger partial charge on any atom is -0.487 e. The second-order valence-electron chi connectivity index (χ2n) is 6.11. The van der Waals surface area contributed by atoms with E-state index >= 15 is 0 Å². The van der Waals surface area contributed by atoms with Gasteiger partial charge in [-0.25, -0.2) is 0 Å². The van der Waals surface area contributed by atoms with E-state index in [9.17, 15) is 0 Å². The van der Waals surface area contributed by atoms with E-state index in [0.717, 1.165) is 24.5 Å². The van der Waals surface area contributed by atoms with Gasteiger partial charge in [0.25, 0.3) is 0 Å². The Bertz CT molecular complexity index is 600. The first-order valence-electron chi connectivity index (χ1n) is 8.65. The largest absolute Gasteiger partial charge is 0.487 e. The Balaban J connectivity index is 1.97. The minimum absolute atomic E-state index is 0.551. The molecule has 0 N–H and O–H groups in total. The average Bonchev–Trinajstić information content (AvgIpc) is 2.59. The normalized spacial score (nSPS) is 11.0. The fourth-order valence-corrected chi connectivity index (χ4v) is 2.99. The van der Waals surface area contributed by atoms with Gasteiger partial charge in [-0.1, -0.05) is 75.5 Å². The van der Waals surface area contributed by atoms with Gasteiger partial charge in [0.1, 0.15) is 12.4 Å². The predicted octanol–water partition coefficient (Wildman–Crippen LogP) is 6.46. The van der Waals surface area contributed by atoms with Gasteiger partial charge in [-0.05, 0) is 47.6 Å². The molecule has 124 valence electrons. The molecule has 0 heterocycles. The van der Waals surface area contributed by atoms with E-state index in [1.54, 1.807) is 0 Å². The molecular formula is C21H27ClO. The van der Waals surface area contributed by atoms with Gasteiger partial charge in [-0.2, -0.15) is 0 Å². The van der Waals surface area contributed by atoms with Crippen LogP contribution in [0.3, 0.4) is 0 Å². The molecule has 0 aromatic heterocycles. The molecule has 2 rings (SSSR count). The van der Waals surface area contributed by atoms with Crippen LogP contribution in [0.1, 0.15) is 50.3 Å². The molecule has 2 aromatic carbocycles. The van der Waals surface area contributed by atoms with Crippen molar-refractivity contribution >= 4 is 11.6 Å². The van der Waals surface area contributed by atoms with Gasteiger partial charge in [-0.15, -0.1) is 0 Å². The first kappa shape index (κ1) is 17.9. The summed E-state index contributed by atoms with van der Waals surface area (Å²) in [6.45, 7) is 7.21. The number of ether oxygens (including phenoxy) is 1. The van der Waals surface area contributed by atoms with E-state index in [1.165, 1.54) is 29.5 Å². The number of rotatable bonds is 8. The summed E-state index contributed by atoms with van der Waals surface area (Å²) in [7, 11) is 0. The number of benzene rings is 2. The lowest BCUT2D eigenvalue weighted by Crippen LogP contribution is -2.02. The van der Waals surface area contributed by atoms with E-state index in [1.807, 2.05) is 6.07 Å². The molecule has 23 heavy (non-hydrogen) atoms. The number of hydrogen-bond acceptors (Lipinski definition) is 1. The molecular weight excluding hydrogens is 304 g/mol. The number of aryl methyl sites for hydroxylation is 1. The summed E-state index contributed by atoms with van der Waals surface area (Å²) in [5.41, 5.74) is 3.81. The van der Waals surface area contributed by atoms with E-state index in [4.69, 9.17) is 16.3 Å². The zero-order valence-corrected chi connectivity index (χ0v) is 15.2. The molecule has 0 aliphatic heterocycles. The van der Waals surface area contributed by atoms with Gasteiger partial charge in [0.2, 0.25) is 0 Å². The number of hydrogen-bond donors (Lipinski definition) is 0. The third-order valence-corrected chi connectivity index (χ3v) is 4.80. The van der Waals surface area contributed by atoms with Crippen LogP contribution in [-0.2, 0) is 19.4 Å². The molecule has 0 fully saturated rings. The maximum Gasteiger partial charge on any atom is 0.138 e. The second-order valence-corrected chi connectivity index (χ2v) is 6.52. The average molecular weight is 331 g/mol. The Morgan fingerprint density at radius 3 is 2.04 bits per heavy atom. The van der Waals surface area contributed by atoms with Gasteiger partial charge < -0.3 is 4.74 Å². The standard InChI is InChI=1S/C21H27ClO/c1-4-16(5-2)13-19-11-12-21(20(22)14-19)23-15-18-9-7-17(6-3)8-10-18/h7-12,14,16H,4-6,13,15H2,1-3H3. The minimum atomic E-state index is 0.551. The summed E-state index contributed by atoms with van der Waals surface area (Å²) >= 11 is 6.39. The molecule has 0 atom stereocenters. The summed E-state index contributed by atoms with van der Waals surface area (Å²) in [5, 5.41) is 0.707. The lowest BCUT2D eigenvalue weighted by Gasteiger charge is -2.14. The maximum absolute atomic E-state index is 6.39. The molecule has 0 aliphatic carbocycles. The molecule has 1 nitrogen and oxygen atoms in total. The fraction of sp³-hybridized carbons (Fsp3) is 0.429. The molecule has 0 saturated heterocycles. The lowest BCUT2D eigenvalue weighted by molar-refractivity contribution is 0.306. The number of halogens is 1. The van der Waals surface area contributed by atoms with E-state index < -0.39 is 0 Å². The van der Waals surface area contributed by atoms with Crippen LogP contribution in [0, 0.1) is 5.92 Å². The third-order valence-electron chi connectivity index (χ3n) is 4.50. The van der Waals surface area contributed by atoms with Crippen LogP contribution < -0.4 is 4.74 Å². The quantitative estimate of drug-likeness (QED) is 0.539. The van der Waals surface area contributed by atoms with Crippen molar-refractivity contribution in [1.29, 1.82) is 0 Å². The van der Waals surface area contributed by atoms with Crippen LogP contribution >= 0.6 is 11.6 Å². The van der Waals surface area contributed by atoms with E-state index in [-0.39, 0.29) is 0 Å². The molecule has 0 spiro atoms. The SMILES string of the molecule is CCc1ccc(COc2ccc(CC(CC)CC)cc2Cl)cc1. The van der Waals surface area contributed by atoms with Gasteiger partial charge in [0, 0.05) is 0 Å². The maximum atomic E-state index is 6.39. The molecule has 0 amide bonds. The van der Waals surface area contributed by atoms with Gasteiger partial charge in [0.15, 0.2) is 0 Å². The zero-order chi connectivity index (χ0) is 16.7. The Labute approximate surface area is 145 Å². The van der Waals surface area contributed by atoms with Crippen molar-refractivity contribution in [3.8, 4) is 5.75 Å². The van der Waals surface area contributed by atoms with Crippen molar-refractivity contribution in [2.75, 3.05) is 0 Å². The van der Waals surface area contributed by atoms with Crippen LogP contribution in [-0.4, -0.2) is 0 Å². The van der Waals surface area contributed by atoms with Crippen molar-refractivity contribution in [2.24, 2.45) is 5.92 Å². The Hall–Kier alpha value is -1.47. The zero-order valence-electron chi connectivity index (χ0n) is 14.4. The third kappa shape index (κ3) is 5.28. The van der Waals surface area contributed by atoms with Crippen molar-refractivity contribution in [1.82, 2.24) is 0 Å². The predicted molar refractivity (Wildman–Crippen MR) is 99.4 cm³/mol. The first-order valence-corrected chi connectivity index (χ1v) is 9.03. The highest BCUT2D eigenvalue weighted by atomic mass is 35.5. The summed E-state index contributed by atoms with van der Waals surface area (Å²) in [6.07, 6.45) is 4.57. The summed E-state index contributed by atoms with van der Waals surface area (Å²) in [6, 6.07) is 14.7. The topological polar surface area (TPSA) is 9.23 Å². The summed E-state index contributed by atoms with van der Waals surface area (Å²) in [5.74, 6) is 1.49. The van der Waals surface area contributed by atoms with Crippen LogP contribution in [0.2, 0.25) is 5.02 Å². The van der Waals surface area contributed by atoms with Gasteiger partial charge >= 0.3 is 0 Å². The molecule has 0 radical (unpaired) electrons. The van der Waals surface area contributed by atoms with Crippen LogP contribution in [0.4, 0.5) is 0 Å². The van der Waals surface area contributed by atoms with Crippen molar-refractivity contribution in [2.45, 2.75) is 53.1 Å². The Kier molecular flexibility index (Phi) is 6.98. The summed E-state index contributed by atoms with van der Waals surface area (Å²) < 4.78 is 5.88. The molecule has 0 unspecified atom stereocenters. The second kappa shape index (κ2) is 8.98. The Morgan fingerprint density at radius 1 is 0.870 bits per heavy atom. The van der Waals surface area contributed by atoms with E-state index in [0.29, 0.717) is 11.6 Å². The van der Waals surface area contributed by atoms with Crippen molar-refractivity contribution in [3.05, 3.63) is 64.2 Å².